The van der Waals surface area contributed by atoms with Crippen molar-refractivity contribution in [2.45, 2.75) is 30.9 Å². The van der Waals surface area contributed by atoms with E-state index in [9.17, 15) is 14.5 Å². The van der Waals surface area contributed by atoms with E-state index < -0.39 is 5.25 Å². The lowest BCUT2D eigenvalue weighted by molar-refractivity contribution is -0.479. The van der Waals surface area contributed by atoms with Crippen LogP contribution in [-0.4, -0.2) is 26.2 Å². The summed E-state index contributed by atoms with van der Waals surface area (Å²) in [5, 5.41) is 20.1. The molecule has 0 aliphatic heterocycles. The number of aromatic nitrogens is 3. The van der Waals surface area contributed by atoms with Crippen molar-refractivity contribution in [2.75, 3.05) is 6.54 Å². The van der Waals surface area contributed by atoms with E-state index in [4.69, 9.17) is 4.74 Å². The van der Waals surface area contributed by atoms with Crippen molar-refractivity contribution in [1.29, 1.82) is 0 Å². The SMILES string of the molecule is Cc1cccc(-n2c(C)nnc2S[C@@H](C[N+](=O)[O-])c2cc(Br)ccc2OCc2ccc(F)cc2)c1. The Morgan fingerprint density at radius 3 is 2.60 bits per heavy atom. The van der Waals surface area contributed by atoms with Gasteiger partial charge in [-0.2, -0.15) is 0 Å². The molecule has 35 heavy (non-hydrogen) atoms. The molecule has 1 atom stereocenters. The van der Waals surface area contributed by atoms with Crippen molar-refractivity contribution in [2.24, 2.45) is 0 Å². The number of hydrogen-bond donors (Lipinski definition) is 0. The van der Waals surface area contributed by atoms with E-state index in [1.165, 1.54) is 23.9 Å². The summed E-state index contributed by atoms with van der Waals surface area (Å²) < 4.78 is 21.9. The Labute approximate surface area is 214 Å². The molecule has 1 aromatic heterocycles. The standard InChI is InChI=1S/C25H22BrFN4O3S/c1-16-4-3-5-21(12-16)31-17(2)28-29-25(31)35-24(14-30(32)33)22-13-19(26)8-11-23(22)34-15-18-6-9-20(27)10-7-18/h3-13,24H,14-15H2,1-2H3/t24-/m0/s1. The zero-order valence-electron chi connectivity index (χ0n) is 19.0. The predicted molar refractivity (Wildman–Crippen MR) is 136 cm³/mol. The molecule has 0 fully saturated rings. The number of ether oxygens (including phenoxy) is 1. The van der Waals surface area contributed by atoms with Gasteiger partial charge in [0.1, 0.15) is 29.2 Å². The molecule has 0 amide bonds. The molecule has 0 bridgehead atoms. The zero-order chi connectivity index (χ0) is 24.9. The van der Waals surface area contributed by atoms with Crippen molar-refractivity contribution in [1.82, 2.24) is 14.8 Å². The van der Waals surface area contributed by atoms with E-state index in [2.05, 4.69) is 26.1 Å². The summed E-state index contributed by atoms with van der Waals surface area (Å²) in [7, 11) is 0. The fraction of sp³-hybridized carbons (Fsp3) is 0.200. The Balaban J connectivity index is 1.68. The number of benzene rings is 3. The number of hydrogen-bond acceptors (Lipinski definition) is 6. The van der Waals surface area contributed by atoms with E-state index in [1.807, 2.05) is 54.8 Å². The fourth-order valence-electron chi connectivity index (χ4n) is 3.59. The van der Waals surface area contributed by atoms with Crippen LogP contribution in [0.3, 0.4) is 0 Å². The molecule has 0 saturated carbocycles. The van der Waals surface area contributed by atoms with Crippen LogP contribution >= 0.6 is 27.7 Å². The number of thioether (sulfide) groups is 1. The van der Waals surface area contributed by atoms with Crippen LogP contribution in [0.25, 0.3) is 5.69 Å². The highest BCUT2D eigenvalue weighted by Gasteiger charge is 2.27. The maximum absolute atomic E-state index is 13.2. The number of nitro groups is 1. The average Bonchev–Trinajstić information content (AvgIpc) is 3.18. The molecule has 0 radical (unpaired) electrons. The summed E-state index contributed by atoms with van der Waals surface area (Å²) in [4.78, 5) is 11.3. The number of halogens is 2. The second-order valence-corrected chi connectivity index (χ2v) is 10.0. The van der Waals surface area contributed by atoms with Gasteiger partial charge in [0, 0.05) is 20.6 Å². The van der Waals surface area contributed by atoms with Crippen LogP contribution in [0.15, 0.2) is 76.4 Å². The van der Waals surface area contributed by atoms with Crippen LogP contribution in [0.1, 0.15) is 27.8 Å². The maximum Gasteiger partial charge on any atom is 0.220 e. The molecule has 180 valence electrons. The molecule has 3 aromatic carbocycles. The summed E-state index contributed by atoms with van der Waals surface area (Å²) in [5.74, 6) is 0.865. The molecule has 1 heterocycles. The highest BCUT2D eigenvalue weighted by molar-refractivity contribution is 9.10. The third-order valence-electron chi connectivity index (χ3n) is 5.24. The van der Waals surface area contributed by atoms with Gasteiger partial charge >= 0.3 is 0 Å². The molecule has 0 spiro atoms. The number of nitrogens with zero attached hydrogens (tertiary/aromatic N) is 4. The Bertz CT molecular complexity index is 1350. The minimum Gasteiger partial charge on any atom is -0.489 e. The molecule has 0 aliphatic rings. The minimum absolute atomic E-state index is 0.198. The van der Waals surface area contributed by atoms with Crippen molar-refractivity contribution >= 4 is 27.7 Å². The van der Waals surface area contributed by atoms with Gasteiger partial charge < -0.3 is 4.74 Å². The summed E-state index contributed by atoms with van der Waals surface area (Å²) in [6.45, 7) is 3.70. The molecule has 0 N–H and O–H groups in total. The highest BCUT2D eigenvalue weighted by atomic mass is 79.9. The zero-order valence-corrected chi connectivity index (χ0v) is 21.4. The number of rotatable bonds is 9. The molecular formula is C25H22BrFN4O3S. The maximum atomic E-state index is 13.2. The van der Waals surface area contributed by atoms with Gasteiger partial charge in [-0.25, -0.2) is 4.39 Å². The van der Waals surface area contributed by atoms with Gasteiger partial charge in [-0.15, -0.1) is 10.2 Å². The first-order chi connectivity index (χ1) is 16.8. The quantitative estimate of drug-likeness (QED) is 0.133. The highest BCUT2D eigenvalue weighted by Crippen LogP contribution is 2.41. The monoisotopic (exact) mass is 556 g/mol. The van der Waals surface area contributed by atoms with Crippen LogP contribution in [0.5, 0.6) is 5.75 Å². The lowest BCUT2D eigenvalue weighted by Gasteiger charge is -2.18. The second kappa shape index (κ2) is 11.0. The van der Waals surface area contributed by atoms with Crippen LogP contribution in [0.2, 0.25) is 0 Å². The molecule has 0 saturated heterocycles. The lowest BCUT2D eigenvalue weighted by atomic mass is 10.1. The molecule has 0 aliphatic carbocycles. The van der Waals surface area contributed by atoms with Crippen LogP contribution in [0.4, 0.5) is 4.39 Å². The van der Waals surface area contributed by atoms with Crippen molar-refractivity contribution in [3.05, 3.63) is 110 Å². The molecule has 4 rings (SSSR count). The van der Waals surface area contributed by atoms with E-state index in [0.717, 1.165) is 21.3 Å². The van der Waals surface area contributed by atoms with Crippen molar-refractivity contribution < 1.29 is 14.1 Å². The topological polar surface area (TPSA) is 83.1 Å². The fourth-order valence-corrected chi connectivity index (χ4v) is 5.16. The van der Waals surface area contributed by atoms with Crippen LogP contribution < -0.4 is 4.74 Å². The van der Waals surface area contributed by atoms with Crippen molar-refractivity contribution in [3.8, 4) is 11.4 Å². The largest absolute Gasteiger partial charge is 0.489 e. The first-order valence-corrected chi connectivity index (χ1v) is 12.4. The van der Waals surface area contributed by atoms with E-state index in [1.54, 1.807) is 18.2 Å². The van der Waals surface area contributed by atoms with Gasteiger partial charge in [0.2, 0.25) is 6.54 Å². The third kappa shape index (κ3) is 6.26. The molecule has 10 heteroatoms. The summed E-state index contributed by atoms with van der Waals surface area (Å²) in [5.41, 5.74) is 3.40. The summed E-state index contributed by atoms with van der Waals surface area (Å²) in [6, 6.07) is 19.3. The van der Waals surface area contributed by atoms with Crippen molar-refractivity contribution in [3.63, 3.8) is 0 Å². The Morgan fingerprint density at radius 2 is 1.89 bits per heavy atom. The lowest BCUT2D eigenvalue weighted by Crippen LogP contribution is -2.13. The van der Waals surface area contributed by atoms with E-state index >= 15 is 0 Å². The first kappa shape index (κ1) is 24.9. The predicted octanol–water partition coefficient (Wildman–Crippen LogP) is 6.47. The molecule has 0 unspecified atom stereocenters. The molecule has 4 aromatic rings. The Kier molecular flexibility index (Phi) is 7.82. The van der Waals surface area contributed by atoms with Gasteiger partial charge in [-0.05, 0) is 67.4 Å². The van der Waals surface area contributed by atoms with Gasteiger partial charge in [-0.1, -0.05) is 52.0 Å². The molecular weight excluding hydrogens is 535 g/mol. The van der Waals surface area contributed by atoms with Gasteiger partial charge in [0.15, 0.2) is 5.16 Å². The van der Waals surface area contributed by atoms with Gasteiger partial charge in [0.05, 0.1) is 0 Å². The normalized spacial score (nSPS) is 11.9. The van der Waals surface area contributed by atoms with E-state index in [-0.39, 0.29) is 23.9 Å². The van der Waals surface area contributed by atoms with E-state index in [0.29, 0.717) is 22.3 Å². The van der Waals surface area contributed by atoms with Gasteiger partial charge in [-0.3, -0.25) is 14.7 Å². The Morgan fingerprint density at radius 1 is 1.11 bits per heavy atom. The van der Waals surface area contributed by atoms with Crippen LogP contribution in [0, 0.1) is 29.8 Å². The smallest absolute Gasteiger partial charge is 0.220 e. The number of aryl methyl sites for hydroxylation is 2. The minimum atomic E-state index is -0.599. The first-order valence-electron chi connectivity index (χ1n) is 10.7. The van der Waals surface area contributed by atoms with Crippen LogP contribution in [-0.2, 0) is 6.61 Å². The second-order valence-electron chi connectivity index (χ2n) is 7.92. The average molecular weight is 557 g/mol. The van der Waals surface area contributed by atoms with Gasteiger partial charge in [0.25, 0.3) is 0 Å². The summed E-state index contributed by atoms with van der Waals surface area (Å²) in [6.07, 6.45) is 0. The summed E-state index contributed by atoms with van der Waals surface area (Å²) >= 11 is 4.74. The third-order valence-corrected chi connectivity index (χ3v) is 6.90. The Hall–Kier alpha value is -3.24. The molecule has 7 nitrogen and oxygen atoms in total.